The molecule has 4 heteroatoms. The van der Waals surface area contributed by atoms with Crippen molar-refractivity contribution in [3.63, 3.8) is 0 Å². The van der Waals surface area contributed by atoms with Gasteiger partial charge >= 0.3 is 11.9 Å². The van der Waals surface area contributed by atoms with Gasteiger partial charge in [0.05, 0.1) is 0 Å². The monoisotopic (exact) mass is 332 g/mol. The smallest absolute Gasteiger partial charge is 0.330 e. The van der Waals surface area contributed by atoms with Gasteiger partial charge in [0.2, 0.25) is 0 Å². The molecule has 0 saturated heterocycles. The van der Waals surface area contributed by atoms with E-state index in [9.17, 15) is 9.59 Å². The summed E-state index contributed by atoms with van der Waals surface area (Å²) in [6.07, 6.45) is 11.3. The van der Waals surface area contributed by atoms with Crippen molar-refractivity contribution in [3.05, 3.63) is 25.3 Å². The quantitative estimate of drug-likeness (QED) is 0.580. The van der Waals surface area contributed by atoms with Crippen LogP contribution in [0.15, 0.2) is 25.3 Å². The Morgan fingerprint density at radius 2 is 1.08 bits per heavy atom. The Hall–Kier alpha value is -1.58. The zero-order valence-electron chi connectivity index (χ0n) is 14.3. The Morgan fingerprint density at radius 3 is 1.46 bits per heavy atom. The summed E-state index contributed by atoms with van der Waals surface area (Å²) in [7, 11) is 0. The fraction of sp³-hybridized carbons (Fsp3) is 0.700. The van der Waals surface area contributed by atoms with Crippen molar-refractivity contribution in [2.24, 2.45) is 23.7 Å². The maximum Gasteiger partial charge on any atom is 0.330 e. The number of ether oxygens (including phenoxy) is 2. The van der Waals surface area contributed by atoms with Crippen LogP contribution < -0.4 is 0 Å². The number of hydrogen-bond donors (Lipinski definition) is 0. The fourth-order valence-electron chi connectivity index (χ4n) is 5.18. The lowest BCUT2D eigenvalue weighted by Gasteiger charge is -2.48. The van der Waals surface area contributed by atoms with Crippen LogP contribution in [-0.4, -0.2) is 24.1 Å². The largest absolute Gasteiger partial charge is 0.459 e. The number of fused-ring (bicyclic) bond motifs is 2. The number of carbonyl (C=O) groups excluding carboxylic acids is 2. The lowest BCUT2D eigenvalue weighted by Crippen LogP contribution is -2.42. The van der Waals surface area contributed by atoms with Crippen molar-refractivity contribution in [1.82, 2.24) is 0 Å². The molecule has 132 valence electrons. The molecule has 0 amide bonds. The van der Waals surface area contributed by atoms with Crippen molar-refractivity contribution in [3.8, 4) is 0 Å². The summed E-state index contributed by atoms with van der Waals surface area (Å²) >= 11 is 0. The van der Waals surface area contributed by atoms with Gasteiger partial charge in [0.25, 0.3) is 0 Å². The van der Waals surface area contributed by atoms with Gasteiger partial charge in [0, 0.05) is 12.2 Å². The highest BCUT2D eigenvalue weighted by molar-refractivity contribution is 5.81. The number of rotatable bonds is 4. The summed E-state index contributed by atoms with van der Waals surface area (Å²) in [6, 6.07) is 0. The van der Waals surface area contributed by atoms with Crippen LogP contribution >= 0.6 is 0 Å². The van der Waals surface area contributed by atoms with Crippen LogP contribution in [0, 0.1) is 23.7 Å². The molecule has 0 heterocycles. The minimum absolute atomic E-state index is 0.0678. The molecule has 0 aliphatic heterocycles. The van der Waals surface area contributed by atoms with Gasteiger partial charge in [-0.3, -0.25) is 0 Å². The summed E-state index contributed by atoms with van der Waals surface area (Å²) in [5.41, 5.74) is 0. The van der Waals surface area contributed by atoms with E-state index in [1.54, 1.807) is 0 Å². The van der Waals surface area contributed by atoms with E-state index in [1.807, 2.05) is 0 Å². The van der Waals surface area contributed by atoms with Crippen molar-refractivity contribution in [2.45, 2.75) is 63.6 Å². The molecule has 0 spiro atoms. The lowest BCUT2D eigenvalue weighted by atomic mass is 9.59. The third kappa shape index (κ3) is 3.90. The Kier molecular flexibility index (Phi) is 5.42. The number of esters is 2. The molecule has 6 atom stereocenters. The summed E-state index contributed by atoms with van der Waals surface area (Å²) in [5.74, 6) is 2.23. The Balaban J connectivity index is 1.54. The summed E-state index contributed by atoms with van der Waals surface area (Å²) in [4.78, 5) is 22.9. The Morgan fingerprint density at radius 1 is 0.667 bits per heavy atom. The van der Waals surface area contributed by atoms with Crippen LogP contribution in [0.3, 0.4) is 0 Å². The minimum atomic E-state index is -0.295. The molecule has 4 nitrogen and oxygen atoms in total. The summed E-state index contributed by atoms with van der Waals surface area (Å²) < 4.78 is 10.9. The number of hydrogen-bond acceptors (Lipinski definition) is 4. The van der Waals surface area contributed by atoms with Crippen LogP contribution in [0.5, 0.6) is 0 Å². The average molecular weight is 332 g/mol. The highest BCUT2D eigenvalue weighted by Gasteiger charge is 2.43. The van der Waals surface area contributed by atoms with Crippen molar-refractivity contribution >= 4 is 11.9 Å². The number of carbonyl (C=O) groups is 2. The molecule has 0 bridgehead atoms. The van der Waals surface area contributed by atoms with Crippen molar-refractivity contribution in [2.75, 3.05) is 0 Å². The molecular formula is C20H28O4. The zero-order chi connectivity index (χ0) is 17.1. The molecule has 3 saturated carbocycles. The van der Waals surface area contributed by atoms with Crippen LogP contribution in [0.1, 0.15) is 51.4 Å². The highest BCUT2D eigenvalue weighted by atomic mass is 16.5. The molecule has 3 rings (SSSR count). The van der Waals surface area contributed by atoms with E-state index in [1.165, 1.54) is 25.0 Å². The first kappa shape index (κ1) is 17.2. The zero-order valence-corrected chi connectivity index (χ0v) is 14.3. The third-order valence-corrected chi connectivity index (χ3v) is 6.29. The molecule has 3 aliphatic carbocycles. The van der Waals surface area contributed by atoms with Gasteiger partial charge in [-0.2, -0.15) is 0 Å². The standard InChI is InChI=1S/C20H28O4/c1-3-19(21)23-17-7-5-13-10-16-12-18(24-20(22)4-2)8-6-14(16)9-15(13)11-17/h3-4,13-18H,1-2,5-12H2. The second-order valence-corrected chi connectivity index (χ2v) is 7.66. The molecule has 24 heavy (non-hydrogen) atoms. The van der Waals surface area contributed by atoms with E-state index in [0.717, 1.165) is 50.4 Å². The van der Waals surface area contributed by atoms with Crippen LogP contribution in [0.4, 0.5) is 0 Å². The SMILES string of the molecule is C=CC(=O)OC1CCC2CC3CC(OC(=O)C=C)CCC3CC2C1. The first-order valence-electron chi connectivity index (χ1n) is 9.25. The van der Waals surface area contributed by atoms with Gasteiger partial charge in [-0.05, 0) is 75.0 Å². The molecule has 6 unspecified atom stereocenters. The second-order valence-electron chi connectivity index (χ2n) is 7.66. The molecule has 0 aromatic rings. The molecule has 0 radical (unpaired) electrons. The van der Waals surface area contributed by atoms with Gasteiger partial charge < -0.3 is 9.47 Å². The summed E-state index contributed by atoms with van der Waals surface area (Å²) in [5, 5.41) is 0. The van der Waals surface area contributed by atoms with Crippen molar-refractivity contribution < 1.29 is 19.1 Å². The topological polar surface area (TPSA) is 52.6 Å². The van der Waals surface area contributed by atoms with Crippen LogP contribution in [-0.2, 0) is 19.1 Å². The van der Waals surface area contributed by atoms with Crippen molar-refractivity contribution in [1.29, 1.82) is 0 Å². The van der Waals surface area contributed by atoms with E-state index in [2.05, 4.69) is 13.2 Å². The minimum Gasteiger partial charge on any atom is -0.459 e. The van der Waals surface area contributed by atoms with Crippen LogP contribution in [0.25, 0.3) is 0 Å². The van der Waals surface area contributed by atoms with E-state index in [-0.39, 0.29) is 24.1 Å². The maximum absolute atomic E-state index is 11.4. The second kappa shape index (κ2) is 7.54. The van der Waals surface area contributed by atoms with Gasteiger partial charge in [-0.25, -0.2) is 9.59 Å². The van der Waals surface area contributed by atoms with Gasteiger partial charge in [0.1, 0.15) is 12.2 Å². The predicted octanol–water partition coefficient (Wildman–Crippen LogP) is 3.81. The first-order valence-corrected chi connectivity index (χ1v) is 9.25. The van der Waals surface area contributed by atoms with Gasteiger partial charge in [0.15, 0.2) is 0 Å². The molecule has 0 N–H and O–H groups in total. The molecule has 3 fully saturated rings. The maximum atomic E-state index is 11.4. The first-order chi connectivity index (χ1) is 11.6. The van der Waals surface area contributed by atoms with E-state index < -0.39 is 0 Å². The normalized spacial score (nSPS) is 38.2. The molecule has 0 aromatic carbocycles. The summed E-state index contributed by atoms with van der Waals surface area (Å²) in [6.45, 7) is 6.96. The molecular weight excluding hydrogens is 304 g/mol. The van der Waals surface area contributed by atoms with E-state index in [4.69, 9.17) is 9.47 Å². The van der Waals surface area contributed by atoms with Gasteiger partial charge in [-0.1, -0.05) is 13.2 Å². The predicted molar refractivity (Wildman–Crippen MR) is 91.1 cm³/mol. The Bertz CT molecular complexity index is 466. The third-order valence-electron chi connectivity index (χ3n) is 6.29. The fourth-order valence-corrected chi connectivity index (χ4v) is 5.18. The van der Waals surface area contributed by atoms with E-state index in [0.29, 0.717) is 11.8 Å². The highest BCUT2D eigenvalue weighted by Crippen LogP contribution is 2.50. The Labute approximate surface area is 144 Å². The molecule has 3 aliphatic rings. The van der Waals surface area contributed by atoms with E-state index >= 15 is 0 Å². The van der Waals surface area contributed by atoms with Gasteiger partial charge in [-0.15, -0.1) is 0 Å². The lowest BCUT2D eigenvalue weighted by molar-refractivity contribution is -0.150. The van der Waals surface area contributed by atoms with Crippen LogP contribution in [0.2, 0.25) is 0 Å². The average Bonchev–Trinajstić information content (AvgIpc) is 2.59. The molecule has 0 aromatic heterocycles.